The molecule has 0 aliphatic carbocycles. The summed E-state index contributed by atoms with van der Waals surface area (Å²) in [5.74, 6) is 1.66. The van der Waals surface area contributed by atoms with E-state index in [1.807, 2.05) is 11.8 Å². The standard InChI is InChI=1S/C14H19FN2O2S/c1-2-19-13-4-3-10(7-12(13)15)17-14(18)8-11-9-20-6-5-16-11/h3-4,7,11,16H,2,5-6,8-9H2,1H3,(H,17,18). The molecule has 1 aliphatic rings. The van der Waals surface area contributed by atoms with Crippen molar-refractivity contribution in [3.05, 3.63) is 24.0 Å². The summed E-state index contributed by atoms with van der Waals surface area (Å²) in [7, 11) is 0. The number of amides is 1. The first-order valence-corrected chi connectivity index (χ1v) is 7.88. The van der Waals surface area contributed by atoms with E-state index in [2.05, 4.69) is 10.6 Å². The Morgan fingerprint density at radius 2 is 2.45 bits per heavy atom. The van der Waals surface area contributed by atoms with Crippen molar-refractivity contribution in [2.75, 3.05) is 30.0 Å². The second-order valence-corrected chi connectivity index (χ2v) is 5.71. The molecule has 0 aromatic heterocycles. The highest BCUT2D eigenvalue weighted by atomic mass is 32.2. The maximum Gasteiger partial charge on any atom is 0.225 e. The Hall–Kier alpha value is -1.27. The number of hydrogen-bond acceptors (Lipinski definition) is 4. The first-order chi connectivity index (χ1) is 9.69. The van der Waals surface area contributed by atoms with Crippen LogP contribution in [0.4, 0.5) is 10.1 Å². The SMILES string of the molecule is CCOc1ccc(NC(=O)CC2CSCCN2)cc1F. The Labute approximate surface area is 122 Å². The molecular weight excluding hydrogens is 279 g/mol. The second kappa shape index (κ2) is 7.50. The fourth-order valence-corrected chi connectivity index (χ4v) is 2.99. The van der Waals surface area contributed by atoms with Crippen LogP contribution in [0.3, 0.4) is 0 Å². The summed E-state index contributed by atoms with van der Waals surface area (Å²) in [4.78, 5) is 11.9. The minimum Gasteiger partial charge on any atom is -0.491 e. The van der Waals surface area contributed by atoms with Crippen molar-refractivity contribution >= 4 is 23.4 Å². The highest BCUT2D eigenvalue weighted by molar-refractivity contribution is 7.99. The lowest BCUT2D eigenvalue weighted by Gasteiger charge is -2.22. The number of nitrogens with one attached hydrogen (secondary N) is 2. The van der Waals surface area contributed by atoms with E-state index >= 15 is 0 Å². The van der Waals surface area contributed by atoms with Crippen LogP contribution < -0.4 is 15.4 Å². The van der Waals surface area contributed by atoms with Crippen LogP contribution in [-0.2, 0) is 4.79 Å². The van der Waals surface area contributed by atoms with Crippen molar-refractivity contribution in [1.82, 2.24) is 5.32 Å². The summed E-state index contributed by atoms with van der Waals surface area (Å²) in [5.41, 5.74) is 0.458. The average Bonchev–Trinajstić information content (AvgIpc) is 2.43. The fraction of sp³-hybridized carbons (Fsp3) is 0.500. The molecule has 1 amide bonds. The van der Waals surface area contributed by atoms with Gasteiger partial charge in [0.05, 0.1) is 6.61 Å². The van der Waals surface area contributed by atoms with Gasteiger partial charge in [-0.05, 0) is 19.1 Å². The second-order valence-electron chi connectivity index (χ2n) is 4.56. The van der Waals surface area contributed by atoms with Gasteiger partial charge in [-0.3, -0.25) is 4.79 Å². The fourth-order valence-electron chi connectivity index (χ4n) is 2.04. The predicted octanol–water partition coefficient (Wildman–Crippen LogP) is 2.26. The lowest BCUT2D eigenvalue weighted by Crippen LogP contribution is -2.39. The summed E-state index contributed by atoms with van der Waals surface area (Å²) in [6.07, 6.45) is 0.405. The van der Waals surface area contributed by atoms with E-state index in [-0.39, 0.29) is 17.7 Å². The zero-order chi connectivity index (χ0) is 14.4. The smallest absolute Gasteiger partial charge is 0.225 e. The van der Waals surface area contributed by atoms with Gasteiger partial charge in [0.25, 0.3) is 0 Å². The van der Waals surface area contributed by atoms with Gasteiger partial charge in [-0.15, -0.1) is 0 Å². The molecule has 0 radical (unpaired) electrons. The summed E-state index contributed by atoms with van der Waals surface area (Å²) in [5, 5.41) is 6.01. The number of carbonyl (C=O) groups excluding carboxylic acids is 1. The molecule has 4 nitrogen and oxygen atoms in total. The van der Waals surface area contributed by atoms with Gasteiger partial charge >= 0.3 is 0 Å². The number of thioether (sulfide) groups is 1. The van der Waals surface area contributed by atoms with Crippen LogP contribution in [0.5, 0.6) is 5.75 Å². The Morgan fingerprint density at radius 1 is 1.60 bits per heavy atom. The Kier molecular flexibility index (Phi) is 5.67. The van der Waals surface area contributed by atoms with Crippen LogP contribution in [0.15, 0.2) is 18.2 Å². The molecule has 110 valence electrons. The monoisotopic (exact) mass is 298 g/mol. The summed E-state index contributed by atoms with van der Waals surface area (Å²) in [6, 6.07) is 4.66. The third kappa shape index (κ3) is 4.38. The number of carbonyl (C=O) groups is 1. The van der Waals surface area contributed by atoms with E-state index in [0.29, 0.717) is 18.7 Å². The van der Waals surface area contributed by atoms with Crippen molar-refractivity contribution in [3.8, 4) is 5.75 Å². The van der Waals surface area contributed by atoms with E-state index in [9.17, 15) is 9.18 Å². The number of hydrogen-bond donors (Lipinski definition) is 2. The molecule has 1 fully saturated rings. The van der Waals surface area contributed by atoms with Crippen molar-refractivity contribution in [2.45, 2.75) is 19.4 Å². The van der Waals surface area contributed by atoms with Crippen LogP contribution in [0.25, 0.3) is 0 Å². The molecule has 0 saturated carbocycles. The minimum absolute atomic E-state index is 0.103. The van der Waals surface area contributed by atoms with Crippen LogP contribution in [-0.4, -0.2) is 36.6 Å². The van der Waals surface area contributed by atoms with Gasteiger partial charge in [0.2, 0.25) is 5.91 Å². The van der Waals surface area contributed by atoms with Gasteiger partial charge in [-0.25, -0.2) is 4.39 Å². The molecule has 20 heavy (non-hydrogen) atoms. The number of anilines is 1. The van der Waals surface area contributed by atoms with Gasteiger partial charge in [-0.1, -0.05) is 0 Å². The molecular formula is C14H19FN2O2S. The number of benzene rings is 1. The normalized spacial score (nSPS) is 18.6. The number of ether oxygens (including phenoxy) is 1. The highest BCUT2D eigenvalue weighted by Crippen LogP contribution is 2.21. The van der Waals surface area contributed by atoms with Crippen LogP contribution >= 0.6 is 11.8 Å². The van der Waals surface area contributed by atoms with Gasteiger partial charge < -0.3 is 15.4 Å². The zero-order valence-electron chi connectivity index (χ0n) is 11.4. The lowest BCUT2D eigenvalue weighted by atomic mass is 10.2. The Bertz CT molecular complexity index is 464. The van der Waals surface area contributed by atoms with Gasteiger partial charge in [0.1, 0.15) is 0 Å². The van der Waals surface area contributed by atoms with Gasteiger partial charge in [0.15, 0.2) is 11.6 Å². The molecule has 2 N–H and O–H groups in total. The van der Waals surface area contributed by atoms with Crippen LogP contribution in [0, 0.1) is 5.82 Å². The molecule has 6 heteroatoms. The highest BCUT2D eigenvalue weighted by Gasteiger charge is 2.17. The van der Waals surface area contributed by atoms with Gasteiger partial charge in [-0.2, -0.15) is 11.8 Å². The maximum atomic E-state index is 13.7. The minimum atomic E-state index is -0.462. The van der Waals surface area contributed by atoms with E-state index in [1.54, 1.807) is 13.0 Å². The number of rotatable bonds is 5. The molecule has 1 heterocycles. The molecule has 1 saturated heterocycles. The van der Waals surface area contributed by atoms with Crippen LogP contribution in [0.1, 0.15) is 13.3 Å². The van der Waals surface area contributed by atoms with Crippen LogP contribution in [0.2, 0.25) is 0 Å². The average molecular weight is 298 g/mol. The third-order valence-electron chi connectivity index (χ3n) is 2.95. The molecule has 0 spiro atoms. The predicted molar refractivity (Wildman–Crippen MR) is 79.9 cm³/mol. The molecule has 2 rings (SSSR count). The summed E-state index contributed by atoms with van der Waals surface area (Å²) >= 11 is 1.84. The van der Waals surface area contributed by atoms with Crippen molar-refractivity contribution in [2.24, 2.45) is 0 Å². The zero-order valence-corrected chi connectivity index (χ0v) is 12.3. The summed E-state index contributed by atoms with van der Waals surface area (Å²) < 4.78 is 18.8. The summed E-state index contributed by atoms with van der Waals surface area (Å²) in [6.45, 7) is 3.14. The largest absolute Gasteiger partial charge is 0.491 e. The van der Waals surface area contributed by atoms with Crippen molar-refractivity contribution < 1.29 is 13.9 Å². The molecule has 1 aromatic rings. The number of halogens is 1. The first-order valence-electron chi connectivity index (χ1n) is 6.72. The van der Waals surface area contributed by atoms with E-state index in [0.717, 1.165) is 18.1 Å². The molecule has 1 unspecified atom stereocenters. The van der Waals surface area contributed by atoms with E-state index in [4.69, 9.17) is 4.74 Å². The maximum absolute atomic E-state index is 13.7. The first kappa shape index (κ1) is 15.1. The Balaban J connectivity index is 1.88. The lowest BCUT2D eigenvalue weighted by molar-refractivity contribution is -0.116. The van der Waals surface area contributed by atoms with Gasteiger partial charge in [0, 0.05) is 42.3 Å². The van der Waals surface area contributed by atoms with Crippen molar-refractivity contribution in [3.63, 3.8) is 0 Å². The molecule has 1 aromatic carbocycles. The van der Waals surface area contributed by atoms with Crippen molar-refractivity contribution in [1.29, 1.82) is 0 Å². The topological polar surface area (TPSA) is 50.4 Å². The molecule has 0 bridgehead atoms. The molecule has 1 atom stereocenters. The van der Waals surface area contributed by atoms with E-state index < -0.39 is 5.82 Å². The molecule has 1 aliphatic heterocycles. The quantitative estimate of drug-likeness (QED) is 0.875. The third-order valence-corrected chi connectivity index (χ3v) is 4.08. The Morgan fingerprint density at radius 3 is 3.10 bits per heavy atom. The van der Waals surface area contributed by atoms with E-state index in [1.165, 1.54) is 12.1 Å².